The fourth-order valence-corrected chi connectivity index (χ4v) is 3.62. The van der Waals surface area contributed by atoms with Gasteiger partial charge in [0.05, 0.1) is 0 Å². The van der Waals surface area contributed by atoms with Crippen LogP contribution in [-0.4, -0.2) is 0 Å². The van der Waals surface area contributed by atoms with Gasteiger partial charge in [0.1, 0.15) is 0 Å². The molecular formula is C20H14S. The Balaban J connectivity index is 1.76. The fraction of sp³-hybridized carbons (Fsp3) is 0. The van der Waals surface area contributed by atoms with E-state index in [4.69, 9.17) is 0 Å². The molecule has 0 saturated carbocycles. The van der Waals surface area contributed by atoms with Crippen LogP contribution in [0.15, 0.2) is 72.8 Å². The maximum absolute atomic E-state index is 2.25. The van der Waals surface area contributed by atoms with Crippen LogP contribution in [0.1, 0.15) is 10.4 Å². The molecule has 0 aliphatic rings. The van der Waals surface area contributed by atoms with Crippen LogP contribution < -0.4 is 0 Å². The summed E-state index contributed by atoms with van der Waals surface area (Å²) in [6, 6.07) is 25.8. The van der Waals surface area contributed by atoms with Crippen LogP contribution in [-0.2, 0) is 0 Å². The third-order valence-corrected chi connectivity index (χ3v) is 4.78. The Hall–Kier alpha value is -2.38. The lowest BCUT2D eigenvalue weighted by atomic mass is 10.0. The van der Waals surface area contributed by atoms with E-state index in [-0.39, 0.29) is 0 Å². The van der Waals surface area contributed by atoms with Crippen LogP contribution in [0.5, 0.6) is 0 Å². The van der Waals surface area contributed by atoms with Gasteiger partial charge in [-0.3, -0.25) is 0 Å². The van der Waals surface area contributed by atoms with E-state index in [1.54, 1.807) is 0 Å². The zero-order chi connectivity index (χ0) is 14.1. The van der Waals surface area contributed by atoms with Crippen molar-refractivity contribution in [1.82, 2.24) is 0 Å². The quantitative estimate of drug-likeness (QED) is 0.410. The summed E-state index contributed by atoms with van der Waals surface area (Å²) in [7, 11) is 0. The van der Waals surface area contributed by atoms with E-state index in [0.717, 1.165) is 0 Å². The Morgan fingerprint density at radius 1 is 0.667 bits per heavy atom. The van der Waals surface area contributed by atoms with Crippen molar-refractivity contribution in [2.45, 2.75) is 0 Å². The second kappa shape index (κ2) is 5.19. The molecule has 100 valence electrons. The minimum atomic E-state index is 1.27. The van der Waals surface area contributed by atoms with Gasteiger partial charge in [0.15, 0.2) is 0 Å². The highest BCUT2D eigenvalue weighted by molar-refractivity contribution is 7.19. The first-order valence-electron chi connectivity index (χ1n) is 7.04. The van der Waals surface area contributed by atoms with Gasteiger partial charge in [0, 0.05) is 9.58 Å². The van der Waals surface area contributed by atoms with Crippen LogP contribution in [0.4, 0.5) is 0 Å². The maximum atomic E-state index is 2.25. The molecule has 0 atom stereocenters. The number of hydrogen-bond acceptors (Lipinski definition) is 1. The SMILES string of the molecule is C(=Cc1cccc2ccccc12)c1cc2ccccc2s1. The average molecular weight is 286 g/mol. The molecule has 1 aromatic heterocycles. The molecule has 4 aromatic rings. The van der Waals surface area contributed by atoms with Crippen molar-refractivity contribution in [3.05, 3.63) is 83.2 Å². The number of benzene rings is 3. The second-order valence-electron chi connectivity index (χ2n) is 5.09. The molecule has 0 bridgehead atoms. The third kappa shape index (κ3) is 2.37. The summed E-state index contributed by atoms with van der Waals surface area (Å²) in [4.78, 5) is 1.30. The van der Waals surface area contributed by atoms with Gasteiger partial charge < -0.3 is 0 Å². The zero-order valence-electron chi connectivity index (χ0n) is 11.5. The highest BCUT2D eigenvalue weighted by Gasteiger charge is 1.99. The van der Waals surface area contributed by atoms with Crippen molar-refractivity contribution in [3.63, 3.8) is 0 Å². The molecule has 0 aliphatic heterocycles. The summed E-state index contributed by atoms with van der Waals surface area (Å²) in [6.07, 6.45) is 4.43. The Bertz CT molecular complexity index is 906. The van der Waals surface area contributed by atoms with Crippen LogP contribution in [0.2, 0.25) is 0 Å². The van der Waals surface area contributed by atoms with E-state index in [1.807, 2.05) is 11.3 Å². The molecule has 0 radical (unpaired) electrons. The van der Waals surface area contributed by atoms with Crippen molar-refractivity contribution in [2.24, 2.45) is 0 Å². The van der Waals surface area contributed by atoms with Crippen molar-refractivity contribution in [2.75, 3.05) is 0 Å². The minimum absolute atomic E-state index is 1.27. The molecule has 1 heteroatoms. The van der Waals surface area contributed by atoms with Crippen LogP contribution in [0.25, 0.3) is 33.0 Å². The summed E-state index contributed by atoms with van der Waals surface area (Å²) < 4.78 is 1.34. The number of rotatable bonds is 2. The van der Waals surface area contributed by atoms with E-state index >= 15 is 0 Å². The zero-order valence-corrected chi connectivity index (χ0v) is 12.3. The molecule has 0 amide bonds. The Morgan fingerprint density at radius 2 is 1.43 bits per heavy atom. The summed E-state index contributed by atoms with van der Waals surface area (Å²) in [5.74, 6) is 0. The lowest BCUT2D eigenvalue weighted by molar-refractivity contribution is 1.72. The molecular weight excluding hydrogens is 272 g/mol. The van der Waals surface area contributed by atoms with Gasteiger partial charge in [-0.1, -0.05) is 66.7 Å². The molecule has 4 rings (SSSR count). The van der Waals surface area contributed by atoms with Gasteiger partial charge in [-0.25, -0.2) is 0 Å². The number of hydrogen-bond donors (Lipinski definition) is 0. The van der Waals surface area contributed by atoms with Crippen LogP contribution in [0.3, 0.4) is 0 Å². The Kier molecular flexibility index (Phi) is 3.06. The maximum Gasteiger partial charge on any atom is 0.0349 e. The summed E-state index contributed by atoms with van der Waals surface area (Å²) in [5, 5.41) is 3.91. The molecule has 3 aromatic carbocycles. The van der Waals surface area contributed by atoms with E-state index < -0.39 is 0 Å². The van der Waals surface area contributed by atoms with Crippen LogP contribution >= 0.6 is 11.3 Å². The highest BCUT2D eigenvalue weighted by Crippen LogP contribution is 2.27. The molecule has 0 spiro atoms. The van der Waals surface area contributed by atoms with Crippen molar-refractivity contribution >= 4 is 44.3 Å². The largest absolute Gasteiger partial charge is 0.136 e. The van der Waals surface area contributed by atoms with Crippen molar-refractivity contribution < 1.29 is 0 Å². The predicted molar refractivity (Wildman–Crippen MR) is 94.7 cm³/mol. The Morgan fingerprint density at radius 3 is 2.33 bits per heavy atom. The summed E-state index contributed by atoms with van der Waals surface area (Å²) >= 11 is 1.84. The minimum Gasteiger partial charge on any atom is -0.136 e. The molecule has 0 fully saturated rings. The van der Waals surface area contributed by atoms with Gasteiger partial charge in [-0.15, -0.1) is 11.3 Å². The molecule has 0 saturated heterocycles. The van der Waals surface area contributed by atoms with Gasteiger partial charge >= 0.3 is 0 Å². The fourth-order valence-electron chi connectivity index (χ4n) is 2.65. The van der Waals surface area contributed by atoms with Gasteiger partial charge in [-0.05, 0) is 39.9 Å². The molecule has 0 N–H and O–H groups in total. The Labute approximate surface area is 128 Å². The lowest BCUT2D eigenvalue weighted by Gasteiger charge is -2.01. The molecule has 0 nitrogen and oxygen atoms in total. The molecule has 0 unspecified atom stereocenters. The normalized spacial score (nSPS) is 11.6. The van der Waals surface area contributed by atoms with Crippen LogP contribution in [0, 0.1) is 0 Å². The predicted octanol–water partition coefficient (Wildman–Crippen LogP) is 6.22. The number of thiophene rings is 1. The molecule has 1 heterocycles. The third-order valence-electron chi connectivity index (χ3n) is 3.70. The molecule has 0 aliphatic carbocycles. The topological polar surface area (TPSA) is 0 Å². The monoisotopic (exact) mass is 286 g/mol. The first-order chi connectivity index (χ1) is 10.4. The van der Waals surface area contributed by atoms with E-state index in [2.05, 4.69) is 84.9 Å². The second-order valence-corrected chi connectivity index (χ2v) is 6.20. The van der Waals surface area contributed by atoms with Gasteiger partial charge in [-0.2, -0.15) is 0 Å². The first kappa shape index (κ1) is 12.4. The van der Waals surface area contributed by atoms with E-state index in [1.165, 1.54) is 31.3 Å². The lowest BCUT2D eigenvalue weighted by Crippen LogP contribution is -1.76. The smallest absolute Gasteiger partial charge is 0.0349 e. The average Bonchev–Trinajstić information content (AvgIpc) is 2.96. The van der Waals surface area contributed by atoms with E-state index in [0.29, 0.717) is 0 Å². The van der Waals surface area contributed by atoms with Crippen molar-refractivity contribution in [3.8, 4) is 0 Å². The first-order valence-corrected chi connectivity index (χ1v) is 7.86. The van der Waals surface area contributed by atoms with E-state index in [9.17, 15) is 0 Å². The molecule has 21 heavy (non-hydrogen) atoms. The van der Waals surface area contributed by atoms with Gasteiger partial charge in [0.25, 0.3) is 0 Å². The van der Waals surface area contributed by atoms with Gasteiger partial charge in [0.2, 0.25) is 0 Å². The standard InChI is InChI=1S/C20H14S/c1-3-10-19-15(6-1)8-5-9-16(19)12-13-18-14-17-7-2-4-11-20(17)21-18/h1-14H. The summed E-state index contributed by atoms with van der Waals surface area (Å²) in [6.45, 7) is 0. The van der Waals surface area contributed by atoms with Crippen molar-refractivity contribution in [1.29, 1.82) is 0 Å². The highest BCUT2D eigenvalue weighted by atomic mass is 32.1. The number of fused-ring (bicyclic) bond motifs is 2. The summed E-state index contributed by atoms with van der Waals surface area (Å²) in [5.41, 5.74) is 1.27.